The third-order valence-electron chi connectivity index (χ3n) is 1.93. The van der Waals surface area contributed by atoms with Crippen LogP contribution in [-0.4, -0.2) is 9.97 Å². The lowest BCUT2D eigenvalue weighted by Crippen LogP contribution is -1.95. The monoisotopic (exact) mass is 202 g/mol. The molecule has 0 saturated heterocycles. The summed E-state index contributed by atoms with van der Waals surface area (Å²) in [7, 11) is 0. The Morgan fingerprint density at radius 1 is 0.929 bits per heavy atom. The molecule has 0 radical (unpaired) electrons. The quantitative estimate of drug-likeness (QED) is 0.561. The molecule has 4 heteroatoms. The Morgan fingerprint density at radius 2 is 1.50 bits per heavy atom. The zero-order chi connectivity index (χ0) is 9.38. The highest BCUT2D eigenvalue weighted by atomic mass is 32.2. The molecule has 0 saturated carbocycles. The van der Waals surface area contributed by atoms with Gasteiger partial charge in [0.25, 0.3) is 0 Å². The summed E-state index contributed by atoms with van der Waals surface area (Å²) in [5, 5.41) is 0. The van der Waals surface area contributed by atoms with Crippen molar-refractivity contribution in [3.63, 3.8) is 0 Å². The van der Waals surface area contributed by atoms with Gasteiger partial charge < -0.3 is 4.74 Å². The van der Waals surface area contributed by atoms with Gasteiger partial charge in [0.05, 0.1) is 22.2 Å². The van der Waals surface area contributed by atoms with Crippen molar-refractivity contribution in [3.8, 4) is 11.5 Å². The number of rotatable bonds is 0. The Balaban J connectivity index is 2.12. The molecule has 0 spiro atoms. The SMILES string of the molecule is c1cc2c(cn1)Oc1cnccc1S2. The average molecular weight is 202 g/mol. The van der Waals surface area contributed by atoms with Gasteiger partial charge in [-0.15, -0.1) is 0 Å². The highest BCUT2D eigenvalue weighted by molar-refractivity contribution is 7.99. The topological polar surface area (TPSA) is 35.0 Å². The minimum Gasteiger partial charge on any atom is -0.452 e. The van der Waals surface area contributed by atoms with Crippen molar-refractivity contribution in [1.82, 2.24) is 9.97 Å². The van der Waals surface area contributed by atoms with Gasteiger partial charge in [0.1, 0.15) is 0 Å². The summed E-state index contributed by atoms with van der Waals surface area (Å²) >= 11 is 1.68. The fourth-order valence-corrected chi connectivity index (χ4v) is 2.18. The zero-order valence-electron chi connectivity index (χ0n) is 7.18. The maximum Gasteiger partial charge on any atom is 0.159 e. The van der Waals surface area contributed by atoms with Crippen LogP contribution in [0.25, 0.3) is 0 Å². The number of fused-ring (bicyclic) bond motifs is 2. The maximum absolute atomic E-state index is 5.63. The molecule has 0 N–H and O–H groups in total. The number of aromatic nitrogens is 2. The molecule has 3 rings (SSSR count). The molecule has 1 aliphatic heterocycles. The van der Waals surface area contributed by atoms with E-state index >= 15 is 0 Å². The molecule has 3 heterocycles. The van der Waals surface area contributed by atoms with E-state index in [4.69, 9.17) is 4.74 Å². The van der Waals surface area contributed by atoms with Gasteiger partial charge in [0, 0.05) is 12.4 Å². The minimum atomic E-state index is 0.804. The fourth-order valence-electron chi connectivity index (χ4n) is 1.29. The van der Waals surface area contributed by atoms with Gasteiger partial charge in [-0.05, 0) is 12.1 Å². The van der Waals surface area contributed by atoms with Gasteiger partial charge in [0.2, 0.25) is 0 Å². The van der Waals surface area contributed by atoms with Crippen molar-refractivity contribution >= 4 is 11.8 Å². The summed E-state index contributed by atoms with van der Waals surface area (Å²) in [6.07, 6.45) is 6.97. The molecular weight excluding hydrogens is 196 g/mol. The predicted molar refractivity (Wildman–Crippen MR) is 52.7 cm³/mol. The summed E-state index contributed by atoms with van der Waals surface area (Å²) in [5.41, 5.74) is 0. The van der Waals surface area contributed by atoms with Crippen molar-refractivity contribution in [1.29, 1.82) is 0 Å². The fraction of sp³-hybridized carbons (Fsp3) is 0. The Hall–Kier alpha value is -1.55. The lowest BCUT2D eigenvalue weighted by Gasteiger charge is -2.17. The molecule has 0 unspecified atom stereocenters. The first-order valence-electron chi connectivity index (χ1n) is 4.17. The normalized spacial score (nSPS) is 12.6. The van der Waals surface area contributed by atoms with Crippen molar-refractivity contribution in [2.24, 2.45) is 0 Å². The summed E-state index contributed by atoms with van der Waals surface area (Å²) in [6, 6.07) is 3.90. The van der Waals surface area contributed by atoms with Gasteiger partial charge in [-0.1, -0.05) is 11.8 Å². The van der Waals surface area contributed by atoms with E-state index in [9.17, 15) is 0 Å². The van der Waals surface area contributed by atoms with Crippen LogP contribution in [0.5, 0.6) is 11.5 Å². The summed E-state index contributed by atoms with van der Waals surface area (Å²) in [5.74, 6) is 1.61. The molecule has 0 aliphatic carbocycles. The van der Waals surface area contributed by atoms with Crippen LogP contribution < -0.4 is 4.74 Å². The molecule has 0 atom stereocenters. The molecule has 2 aromatic rings. The molecule has 0 aromatic carbocycles. The summed E-state index contributed by atoms with van der Waals surface area (Å²) < 4.78 is 5.63. The van der Waals surface area contributed by atoms with E-state index in [1.165, 1.54) is 0 Å². The van der Waals surface area contributed by atoms with E-state index in [1.807, 2.05) is 12.1 Å². The molecule has 0 amide bonds. The average Bonchev–Trinajstić information content (AvgIpc) is 2.26. The van der Waals surface area contributed by atoms with E-state index in [2.05, 4.69) is 9.97 Å². The second-order valence-corrected chi connectivity index (χ2v) is 3.93. The van der Waals surface area contributed by atoms with E-state index in [0.29, 0.717) is 0 Å². The van der Waals surface area contributed by atoms with Crippen molar-refractivity contribution in [3.05, 3.63) is 36.9 Å². The van der Waals surface area contributed by atoms with Crippen molar-refractivity contribution < 1.29 is 4.74 Å². The summed E-state index contributed by atoms with van der Waals surface area (Å²) in [4.78, 5) is 10.2. The van der Waals surface area contributed by atoms with Gasteiger partial charge in [-0.3, -0.25) is 9.97 Å². The van der Waals surface area contributed by atoms with Gasteiger partial charge in [0.15, 0.2) is 11.5 Å². The highest BCUT2D eigenvalue weighted by Gasteiger charge is 2.16. The van der Waals surface area contributed by atoms with E-state index in [-0.39, 0.29) is 0 Å². The van der Waals surface area contributed by atoms with Crippen molar-refractivity contribution in [2.75, 3.05) is 0 Å². The Bertz CT molecular complexity index is 400. The zero-order valence-corrected chi connectivity index (χ0v) is 7.99. The second-order valence-electron chi connectivity index (χ2n) is 2.85. The Morgan fingerprint density at radius 3 is 2.07 bits per heavy atom. The number of ether oxygens (including phenoxy) is 1. The van der Waals surface area contributed by atoms with Crippen LogP contribution in [-0.2, 0) is 0 Å². The van der Waals surface area contributed by atoms with E-state index in [1.54, 1.807) is 36.5 Å². The molecule has 14 heavy (non-hydrogen) atoms. The van der Waals surface area contributed by atoms with Crippen LogP contribution in [0.1, 0.15) is 0 Å². The Labute approximate surface area is 85.2 Å². The van der Waals surface area contributed by atoms with Gasteiger partial charge in [-0.25, -0.2) is 0 Å². The molecule has 68 valence electrons. The molecule has 2 aromatic heterocycles. The van der Waals surface area contributed by atoms with Crippen LogP contribution in [0.4, 0.5) is 0 Å². The van der Waals surface area contributed by atoms with Gasteiger partial charge >= 0.3 is 0 Å². The van der Waals surface area contributed by atoms with E-state index < -0.39 is 0 Å². The Kier molecular flexibility index (Phi) is 1.67. The molecule has 0 fully saturated rings. The van der Waals surface area contributed by atoms with Gasteiger partial charge in [-0.2, -0.15) is 0 Å². The number of hydrogen-bond donors (Lipinski definition) is 0. The molecule has 1 aliphatic rings. The number of hydrogen-bond acceptors (Lipinski definition) is 4. The van der Waals surface area contributed by atoms with Crippen LogP contribution in [0.15, 0.2) is 46.7 Å². The van der Waals surface area contributed by atoms with Crippen LogP contribution >= 0.6 is 11.8 Å². The van der Waals surface area contributed by atoms with Crippen molar-refractivity contribution in [2.45, 2.75) is 9.79 Å². The standard InChI is InChI=1S/C10H6N2OS/c1-3-11-5-7-9(1)14-10-2-4-12-6-8(10)13-7/h1-6H. The van der Waals surface area contributed by atoms with Crippen LogP contribution in [0, 0.1) is 0 Å². The van der Waals surface area contributed by atoms with E-state index in [0.717, 1.165) is 21.3 Å². The third kappa shape index (κ3) is 1.15. The number of pyridine rings is 2. The first-order chi connectivity index (χ1) is 6.93. The second kappa shape index (κ2) is 2.99. The highest BCUT2D eigenvalue weighted by Crippen LogP contribution is 2.45. The van der Waals surface area contributed by atoms with Crippen LogP contribution in [0.3, 0.4) is 0 Å². The largest absolute Gasteiger partial charge is 0.452 e. The van der Waals surface area contributed by atoms with Crippen LogP contribution in [0.2, 0.25) is 0 Å². The predicted octanol–water partition coefficient (Wildman–Crippen LogP) is 2.73. The molecular formula is C10H6N2OS. The molecule has 3 nitrogen and oxygen atoms in total. The first-order valence-corrected chi connectivity index (χ1v) is 4.99. The first kappa shape index (κ1) is 7.82. The lowest BCUT2D eigenvalue weighted by atomic mass is 10.4. The lowest BCUT2D eigenvalue weighted by molar-refractivity contribution is 0.449. The third-order valence-corrected chi connectivity index (χ3v) is 3.05. The molecule has 0 bridgehead atoms. The minimum absolute atomic E-state index is 0.804. The summed E-state index contributed by atoms with van der Waals surface area (Å²) in [6.45, 7) is 0. The number of nitrogens with zero attached hydrogens (tertiary/aromatic N) is 2. The smallest absolute Gasteiger partial charge is 0.159 e. The maximum atomic E-state index is 5.63.